The molecule has 0 aromatic carbocycles. The first-order valence-corrected chi connectivity index (χ1v) is 8.97. The van der Waals surface area contributed by atoms with Crippen LogP contribution in [-0.2, 0) is 9.53 Å². The molecule has 0 unspecified atom stereocenters. The smallest absolute Gasteiger partial charge is 0.410 e. The minimum atomic E-state index is -0.566. The Balaban J connectivity index is 1.64. The summed E-state index contributed by atoms with van der Waals surface area (Å²) in [5, 5.41) is 10.7. The van der Waals surface area contributed by atoms with Crippen LogP contribution in [0.25, 0.3) is 0 Å². The molecule has 1 aromatic heterocycles. The quantitative estimate of drug-likeness (QED) is 0.580. The summed E-state index contributed by atoms with van der Waals surface area (Å²) in [7, 11) is 0. The zero-order valence-electron chi connectivity index (χ0n) is 15.8. The second-order valence-corrected chi connectivity index (χ2v) is 8.26. The molecular formula is C18H24N4O5. The van der Waals surface area contributed by atoms with E-state index < -0.39 is 10.5 Å². The summed E-state index contributed by atoms with van der Waals surface area (Å²) in [5.41, 5.74) is -0.149. The molecule has 0 N–H and O–H groups in total. The van der Waals surface area contributed by atoms with Crippen LogP contribution in [0.1, 0.15) is 40.0 Å². The van der Waals surface area contributed by atoms with Crippen LogP contribution in [0.3, 0.4) is 0 Å². The summed E-state index contributed by atoms with van der Waals surface area (Å²) < 4.78 is 5.42. The fourth-order valence-corrected chi connectivity index (χ4v) is 3.60. The van der Waals surface area contributed by atoms with Crippen LogP contribution >= 0.6 is 0 Å². The third-order valence-corrected chi connectivity index (χ3v) is 5.03. The first-order chi connectivity index (χ1) is 12.6. The lowest BCUT2D eigenvalue weighted by Gasteiger charge is -2.39. The highest BCUT2D eigenvalue weighted by molar-refractivity contribution is 5.96. The average molecular weight is 376 g/mol. The third kappa shape index (κ3) is 4.17. The van der Waals surface area contributed by atoms with Crippen molar-refractivity contribution in [3.63, 3.8) is 0 Å². The molecule has 1 aromatic rings. The Bertz CT molecular complexity index is 748. The molecule has 3 heterocycles. The van der Waals surface area contributed by atoms with Gasteiger partial charge in [-0.3, -0.25) is 4.79 Å². The van der Waals surface area contributed by atoms with Crippen LogP contribution in [0.15, 0.2) is 18.3 Å². The monoisotopic (exact) mass is 376 g/mol. The maximum absolute atomic E-state index is 12.5. The molecule has 2 fully saturated rings. The normalized spacial score (nSPS) is 19.4. The van der Waals surface area contributed by atoms with Gasteiger partial charge in [-0.25, -0.2) is 4.79 Å². The molecule has 3 rings (SSSR count). The van der Waals surface area contributed by atoms with Gasteiger partial charge in [0.2, 0.25) is 5.91 Å². The fraction of sp³-hybridized carbons (Fsp3) is 0.611. The molecule has 27 heavy (non-hydrogen) atoms. The van der Waals surface area contributed by atoms with Crippen molar-refractivity contribution in [3.05, 3.63) is 28.4 Å². The number of carbonyl (C=O) groups is 2. The Morgan fingerprint density at radius 3 is 2.48 bits per heavy atom. The van der Waals surface area contributed by atoms with Gasteiger partial charge >= 0.3 is 11.9 Å². The zero-order chi connectivity index (χ0) is 19.8. The number of pyridine rings is 1. The van der Waals surface area contributed by atoms with Gasteiger partial charge in [0, 0.05) is 37.5 Å². The van der Waals surface area contributed by atoms with E-state index in [1.165, 1.54) is 12.3 Å². The lowest BCUT2D eigenvalue weighted by atomic mass is 9.78. The van der Waals surface area contributed by atoms with E-state index in [4.69, 9.17) is 4.74 Å². The average Bonchev–Trinajstić information content (AvgIpc) is 2.90. The molecule has 2 saturated heterocycles. The maximum atomic E-state index is 12.5. The second-order valence-electron chi connectivity index (χ2n) is 8.26. The summed E-state index contributed by atoms with van der Waals surface area (Å²) in [6.07, 6.45) is 2.89. The molecule has 1 spiro atoms. The Kier molecular flexibility index (Phi) is 4.79. The number of aromatic nitrogens is 1. The molecule has 2 amide bonds. The number of nitro groups is 1. The van der Waals surface area contributed by atoms with Crippen molar-refractivity contribution < 1.29 is 19.2 Å². The van der Waals surface area contributed by atoms with Crippen molar-refractivity contribution >= 4 is 23.5 Å². The number of amides is 2. The van der Waals surface area contributed by atoms with Crippen molar-refractivity contribution in [3.8, 4) is 0 Å². The highest BCUT2D eigenvalue weighted by Gasteiger charge is 2.46. The lowest BCUT2D eigenvalue weighted by Crippen LogP contribution is -2.46. The predicted molar refractivity (Wildman–Crippen MR) is 97.3 cm³/mol. The van der Waals surface area contributed by atoms with Crippen LogP contribution in [0.4, 0.5) is 16.3 Å². The molecule has 0 atom stereocenters. The molecule has 0 radical (unpaired) electrons. The van der Waals surface area contributed by atoms with Gasteiger partial charge in [0.1, 0.15) is 5.60 Å². The number of rotatable bonds is 2. The van der Waals surface area contributed by atoms with Crippen molar-refractivity contribution in [2.45, 2.75) is 45.6 Å². The van der Waals surface area contributed by atoms with E-state index in [0.717, 1.165) is 12.8 Å². The zero-order valence-corrected chi connectivity index (χ0v) is 15.8. The highest BCUT2D eigenvalue weighted by atomic mass is 16.6. The number of ether oxygens (including phenoxy) is 1. The van der Waals surface area contributed by atoms with Gasteiger partial charge in [0.05, 0.1) is 5.69 Å². The summed E-state index contributed by atoms with van der Waals surface area (Å²) in [5.74, 6) is -0.262. The standard InChI is InChI=1S/C18H24N4O5/c1-17(2,3)27-16(24)20-8-6-18(7-9-20)10-15(23)21(12-18)13-4-5-14(19-11-13)22(25)26/h4-5,11H,6-10,12H2,1-3H3. The minimum absolute atomic E-state index is 0.0172. The minimum Gasteiger partial charge on any atom is -0.444 e. The molecule has 2 aliphatic rings. The Hall–Kier alpha value is -2.71. The van der Waals surface area contributed by atoms with Crippen LogP contribution in [0.2, 0.25) is 0 Å². The van der Waals surface area contributed by atoms with Crippen molar-refractivity contribution in [2.75, 3.05) is 24.5 Å². The van der Waals surface area contributed by atoms with Gasteiger partial charge < -0.3 is 24.7 Å². The Morgan fingerprint density at radius 2 is 1.96 bits per heavy atom. The van der Waals surface area contributed by atoms with Gasteiger partial charge in [-0.1, -0.05) is 0 Å². The largest absolute Gasteiger partial charge is 0.444 e. The fourth-order valence-electron chi connectivity index (χ4n) is 3.60. The van der Waals surface area contributed by atoms with Crippen LogP contribution < -0.4 is 4.90 Å². The van der Waals surface area contributed by atoms with E-state index in [-0.39, 0.29) is 23.2 Å². The van der Waals surface area contributed by atoms with Crippen LogP contribution in [0.5, 0.6) is 0 Å². The number of piperidine rings is 1. The molecule has 2 aliphatic heterocycles. The van der Waals surface area contributed by atoms with E-state index in [9.17, 15) is 19.7 Å². The van der Waals surface area contributed by atoms with Crippen molar-refractivity contribution in [2.24, 2.45) is 5.41 Å². The SMILES string of the molecule is CC(C)(C)OC(=O)N1CCC2(CC1)CC(=O)N(c1ccc([N+](=O)[O-])nc1)C2. The summed E-state index contributed by atoms with van der Waals surface area (Å²) >= 11 is 0. The number of likely N-dealkylation sites (tertiary alicyclic amines) is 1. The van der Waals surface area contributed by atoms with E-state index in [1.807, 2.05) is 20.8 Å². The van der Waals surface area contributed by atoms with E-state index >= 15 is 0 Å². The lowest BCUT2D eigenvalue weighted by molar-refractivity contribution is -0.389. The number of anilines is 1. The number of nitrogens with zero attached hydrogens (tertiary/aromatic N) is 4. The van der Waals surface area contributed by atoms with Crippen LogP contribution in [-0.4, -0.2) is 52.0 Å². The summed E-state index contributed by atoms with van der Waals surface area (Å²) in [4.78, 5) is 42.0. The van der Waals surface area contributed by atoms with Gasteiger partial charge in [-0.05, 0) is 49.6 Å². The number of hydrogen-bond acceptors (Lipinski definition) is 6. The van der Waals surface area contributed by atoms with E-state index in [1.54, 1.807) is 15.9 Å². The molecule has 9 nitrogen and oxygen atoms in total. The van der Waals surface area contributed by atoms with Gasteiger partial charge in [0.15, 0.2) is 6.20 Å². The Labute approximate surface area is 157 Å². The summed E-state index contributed by atoms with van der Waals surface area (Å²) in [6, 6.07) is 2.86. The van der Waals surface area contributed by atoms with Gasteiger partial charge in [0.25, 0.3) is 0 Å². The second kappa shape index (κ2) is 6.79. The molecule has 0 bridgehead atoms. The van der Waals surface area contributed by atoms with Gasteiger partial charge in [-0.2, -0.15) is 0 Å². The molecule has 0 aliphatic carbocycles. The molecule has 146 valence electrons. The van der Waals surface area contributed by atoms with E-state index in [0.29, 0.717) is 31.7 Å². The van der Waals surface area contributed by atoms with Crippen molar-refractivity contribution in [1.29, 1.82) is 0 Å². The number of hydrogen-bond donors (Lipinski definition) is 0. The predicted octanol–water partition coefficient (Wildman–Crippen LogP) is 2.74. The Morgan fingerprint density at radius 1 is 1.30 bits per heavy atom. The maximum Gasteiger partial charge on any atom is 0.410 e. The third-order valence-electron chi connectivity index (χ3n) is 5.03. The first kappa shape index (κ1) is 19.1. The molecule has 9 heteroatoms. The topological polar surface area (TPSA) is 106 Å². The van der Waals surface area contributed by atoms with Crippen molar-refractivity contribution in [1.82, 2.24) is 9.88 Å². The van der Waals surface area contributed by atoms with Crippen LogP contribution in [0, 0.1) is 15.5 Å². The van der Waals surface area contributed by atoms with Gasteiger partial charge in [-0.15, -0.1) is 0 Å². The summed E-state index contributed by atoms with van der Waals surface area (Å²) in [6.45, 7) is 7.14. The molecular weight excluding hydrogens is 352 g/mol. The molecule has 0 saturated carbocycles. The number of carbonyl (C=O) groups excluding carboxylic acids is 2. The van der Waals surface area contributed by atoms with E-state index in [2.05, 4.69) is 4.98 Å². The highest BCUT2D eigenvalue weighted by Crippen LogP contribution is 2.42. The first-order valence-electron chi connectivity index (χ1n) is 8.97.